The summed E-state index contributed by atoms with van der Waals surface area (Å²) in [5, 5.41) is 10.4. The Balaban J connectivity index is 3.22. The number of rotatable bonds is 2. The van der Waals surface area contributed by atoms with Gasteiger partial charge >= 0.3 is 0 Å². The molecule has 1 heterocycles. The van der Waals surface area contributed by atoms with Crippen molar-refractivity contribution in [2.45, 2.75) is 39.2 Å². The van der Waals surface area contributed by atoms with Crippen LogP contribution in [0.1, 0.15) is 44.9 Å². The van der Waals surface area contributed by atoms with E-state index in [4.69, 9.17) is 11.6 Å². The lowest BCUT2D eigenvalue weighted by Crippen LogP contribution is -2.17. The summed E-state index contributed by atoms with van der Waals surface area (Å²) in [7, 11) is 0. The van der Waals surface area contributed by atoms with Crippen molar-refractivity contribution < 1.29 is 5.11 Å². The maximum absolute atomic E-state index is 9.86. The molecule has 0 spiro atoms. The van der Waals surface area contributed by atoms with Crippen LogP contribution in [-0.2, 0) is 5.60 Å². The summed E-state index contributed by atoms with van der Waals surface area (Å²) in [5.41, 5.74) is 0.772. The zero-order valence-electron chi connectivity index (χ0n) is 9.00. The summed E-state index contributed by atoms with van der Waals surface area (Å²) in [5.74, 6) is 0.341. The van der Waals surface area contributed by atoms with Crippen LogP contribution in [0.5, 0.6) is 0 Å². The number of halogens is 1. The fourth-order valence-corrected chi connectivity index (χ4v) is 1.57. The monoisotopic (exact) mass is 213 g/mol. The van der Waals surface area contributed by atoms with E-state index in [2.05, 4.69) is 18.8 Å². The van der Waals surface area contributed by atoms with Crippen LogP contribution in [0.25, 0.3) is 0 Å². The highest BCUT2D eigenvalue weighted by Crippen LogP contribution is 2.28. The molecule has 1 aromatic heterocycles. The van der Waals surface area contributed by atoms with Crippen molar-refractivity contribution in [1.82, 2.24) is 4.98 Å². The highest BCUT2D eigenvalue weighted by molar-refractivity contribution is 6.31. The third-order valence-corrected chi connectivity index (χ3v) is 2.43. The highest BCUT2D eigenvalue weighted by Gasteiger charge is 2.20. The average molecular weight is 214 g/mol. The van der Waals surface area contributed by atoms with Gasteiger partial charge in [0.2, 0.25) is 0 Å². The van der Waals surface area contributed by atoms with Crippen molar-refractivity contribution in [3.63, 3.8) is 0 Å². The Morgan fingerprint density at radius 1 is 1.43 bits per heavy atom. The highest BCUT2D eigenvalue weighted by atomic mass is 35.5. The van der Waals surface area contributed by atoms with Gasteiger partial charge in [-0.15, -0.1) is 0 Å². The number of hydrogen-bond acceptors (Lipinski definition) is 2. The van der Waals surface area contributed by atoms with Crippen molar-refractivity contribution >= 4 is 11.6 Å². The van der Waals surface area contributed by atoms with E-state index in [1.807, 2.05) is 6.07 Å². The van der Waals surface area contributed by atoms with E-state index in [0.29, 0.717) is 10.9 Å². The molecule has 0 amide bonds. The molecule has 0 aliphatic carbocycles. The molecule has 78 valence electrons. The first kappa shape index (κ1) is 11.5. The van der Waals surface area contributed by atoms with Gasteiger partial charge in [-0.25, -0.2) is 0 Å². The van der Waals surface area contributed by atoms with Gasteiger partial charge in [0.1, 0.15) is 0 Å². The van der Waals surface area contributed by atoms with Gasteiger partial charge in [0.05, 0.1) is 10.6 Å². The van der Waals surface area contributed by atoms with Gasteiger partial charge in [0, 0.05) is 17.5 Å². The van der Waals surface area contributed by atoms with Crippen molar-refractivity contribution in [3.05, 3.63) is 28.5 Å². The minimum Gasteiger partial charge on any atom is -0.386 e. The van der Waals surface area contributed by atoms with Crippen LogP contribution in [0, 0.1) is 0 Å². The number of aliphatic hydroxyl groups is 1. The van der Waals surface area contributed by atoms with Gasteiger partial charge in [0.25, 0.3) is 0 Å². The van der Waals surface area contributed by atoms with Crippen LogP contribution < -0.4 is 0 Å². The van der Waals surface area contributed by atoms with Gasteiger partial charge in [-0.05, 0) is 25.8 Å². The van der Waals surface area contributed by atoms with E-state index in [9.17, 15) is 5.11 Å². The second-order valence-corrected chi connectivity index (χ2v) is 4.71. The summed E-state index contributed by atoms with van der Waals surface area (Å²) in [6, 6.07) is 1.87. The zero-order chi connectivity index (χ0) is 10.9. The maximum Gasteiger partial charge on any atom is 0.0856 e. The molecule has 14 heavy (non-hydrogen) atoms. The smallest absolute Gasteiger partial charge is 0.0856 e. The largest absolute Gasteiger partial charge is 0.386 e. The van der Waals surface area contributed by atoms with E-state index in [-0.39, 0.29) is 0 Å². The molecule has 0 aliphatic rings. The maximum atomic E-state index is 9.86. The number of aromatic nitrogens is 1. The molecule has 0 atom stereocenters. The molecule has 3 heteroatoms. The molecular weight excluding hydrogens is 198 g/mol. The Morgan fingerprint density at radius 3 is 2.43 bits per heavy atom. The average Bonchev–Trinajstić information content (AvgIpc) is 2.02. The first-order chi connectivity index (χ1) is 6.32. The third-order valence-electron chi connectivity index (χ3n) is 2.13. The molecule has 0 radical (unpaired) electrons. The molecule has 0 bridgehead atoms. The van der Waals surface area contributed by atoms with Crippen LogP contribution in [0.15, 0.2) is 12.3 Å². The molecular formula is C11H16ClNO. The van der Waals surface area contributed by atoms with E-state index in [0.717, 1.165) is 11.3 Å². The number of nitrogens with zero attached hydrogens (tertiary/aromatic N) is 1. The fourth-order valence-electron chi connectivity index (χ4n) is 1.24. The van der Waals surface area contributed by atoms with E-state index in [1.54, 1.807) is 20.0 Å². The topological polar surface area (TPSA) is 33.1 Å². The van der Waals surface area contributed by atoms with Gasteiger partial charge < -0.3 is 5.11 Å². The lowest BCUT2D eigenvalue weighted by Gasteiger charge is -2.20. The van der Waals surface area contributed by atoms with Crippen LogP contribution in [0.2, 0.25) is 5.02 Å². The predicted octanol–water partition coefficient (Wildman–Crippen LogP) is 3.09. The van der Waals surface area contributed by atoms with Crippen LogP contribution in [0.3, 0.4) is 0 Å². The molecule has 0 saturated carbocycles. The summed E-state index contributed by atoms with van der Waals surface area (Å²) in [4.78, 5) is 4.21. The summed E-state index contributed by atoms with van der Waals surface area (Å²) >= 11 is 5.96. The lowest BCUT2D eigenvalue weighted by atomic mass is 9.96. The normalized spacial score (nSPS) is 12.2. The second-order valence-electron chi connectivity index (χ2n) is 4.30. The molecule has 0 fully saturated rings. The van der Waals surface area contributed by atoms with Crippen LogP contribution in [-0.4, -0.2) is 10.1 Å². The van der Waals surface area contributed by atoms with Gasteiger partial charge in [-0.2, -0.15) is 0 Å². The molecule has 1 aromatic rings. The van der Waals surface area contributed by atoms with Gasteiger partial charge in [-0.1, -0.05) is 25.4 Å². The molecule has 0 aromatic carbocycles. The Kier molecular flexibility index (Phi) is 3.17. The minimum absolute atomic E-state index is 0.341. The lowest BCUT2D eigenvalue weighted by molar-refractivity contribution is 0.0785. The van der Waals surface area contributed by atoms with E-state index < -0.39 is 5.60 Å². The van der Waals surface area contributed by atoms with Gasteiger partial charge in [-0.3, -0.25) is 4.98 Å². The van der Waals surface area contributed by atoms with Crippen molar-refractivity contribution in [2.24, 2.45) is 0 Å². The summed E-state index contributed by atoms with van der Waals surface area (Å²) < 4.78 is 0. The quantitative estimate of drug-likeness (QED) is 0.819. The fraction of sp³-hybridized carbons (Fsp3) is 0.545. The zero-order valence-corrected chi connectivity index (χ0v) is 9.76. The Labute approximate surface area is 89.9 Å². The molecule has 2 nitrogen and oxygen atoms in total. The Bertz CT molecular complexity index is 329. The molecule has 0 unspecified atom stereocenters. The van der Waals surface area contributed by atoms with E-state index >= 15 is 0 Å². The van der Waals surface area contributed by atoms with E-state index in [1.165, 1.54) is 0 Å². The second kappa shape index (κ2) is 3.87. The molecule has 0 aliphatic heterocycles. The summed E-state index contributed by atoms with van der Waals surface area (Å²) in [6.07, 6.45) is 1.60. The number of pyridine rings is 1. The van der Waals surface area contributed by atoms with Crippen molar-refractivity contribution in [2.75, 3.05) is 0 Å². The third kappa shape index (κ3) is 2.46. The first-order valence-electron chi connectivity index (χ1n) is 4.70. The Morgan fingerprint density at radius 2 is 2.00 bits per heavy atom. The molecule has 0 saturated heterocycles. The summed E-state index contributed by atoms with van der Waals surface area (Å²) in [6.45, 7) is 7.56. The SMILES string of the molecule is CC(C)c1cc(C(C)(C)O)c(Cl)cn1. The van der Waals surface area contributed by atoms with Crippen molar-refractivity contribution in [1.29, 1.82) is 0 Å². The molecule has 1 rings (SSSR count). The van der Waals surface area contributed by atoms with Gasteiger partial charge in [0.15, 0.2) is 0 Å². The van der Waals surface area contributed by atoms with Crippen molar-refractivity contribution in [3.8, 4) is 0 Å². The van der Waals surface area contributed by atoms with Crippen LogP contribution in [0.4, 0.5) is 0 Å². The number of hydrogen-bond donors (Lipinski definition) is 1. The first-order valence-corrected chi connectivity index (χ1v) is 5.08. The minimum atomic E-state index is -0.913. The molecule has 1 N–H and O–H groups in total. The Hall–Kier alpha value is -0.600. The van der Waals surface area contributed by atoms with Crippen LogP contribution >= 0.6 is 11.6 Å². The standard InChI is InChI=1S/C11H16ClNO/c1-7(2)10-5-8(11(3,4)14)9(12)6-13-10/h5-7,14H,1-4H3. The predicted molar refractivity (Wildman–Crippen MR) is 58.6 cm³/mol.